The van der Waals surface area contributed by atoms with E-state index in [9.17, 15) is 0 Å². The Morgan fingerprint density at radius 1 is 1.31 bits per heavy atom. The highest BCUT2D eigenvalue weighted by Crippen LogP contribution is 2.21. The Hall–Kier alpha value is -1.25. The lowest BCUT2D eigenvalue weighted by Gasteiger charge is -2.12. The minimum absolute atomic E-state index is 0.586. The first-order chi connectivity index (χ1) is 6.34. The van der Waals surface area contributed by atoms with Crippen LogP contribution >= 0.6 is 0 Å². The lowest BCUT2D eigenvalue weighted by atomic mass is 10.2. The Kier molecular flexibility index (Phi) is 2.34. The number of nitrogen functional groups attached to an aromatic ring is 1. The third kappa shape index (κ3) is 2.11. The van der Waals surface area contributed by atoms with Crippen molar-refractivity contribution in [2.24, 2.45) is 0 Å². The molecule has 0 amide bonds. The summed E-state index contributed by atoms with van der Waals surface area (Å²) in [6.45, 7) is 0. The van der Waals surface area contributed by atoms with Gasteiger partial charge in [0.25, 0.3) is 0 Å². The van der Waals surface area contributed by atoms with Gasteiger partial charge < -0.3 is 11.1 Å². The average molecular weight is 177 g/mol. The maximum Gasteiger partial charge on any atom is 0.128 e. The van der Waals surface area contributed by atoms with E-state index >= 15 is 0 Å². The van der Waals surface area contributed by atoms with Crippen LogP contribution in [-0.2, 0) is 0 Å². The molecule has 1 fully saturated rings. The Balaban J connectivity index is 2.00. The monoisotopic (exact) mass is 177 g/mol. The number of rotatable bonds is 2. The van der Waals surface area contributed by atoms with E-state index in [1.807, 2.05) is 12.1 Å². The van der Waals surface area contributed by atoms with E-state index < -0.39 is 0 Å². The van der Waals surface area contributed by atoms with Crippen LogP contribution in [0, 0.1) is 0 Å². The van der Waals surface area contributed by atoms with Crippen LogP contribution in [0.3, 0.4) is 0 Å². The number of nitrogens with two attached hydrogens (primary N) is 1. The largest absolute Gasteiger partial charge is 0.384 e. The Morgan fingerprint density at radius 3 is 2.77 bits per heavy atom. The van der Waals surface area contributed by atoms with E-state index in [0.717, 1.165) is 5.82 Å². The minimum atomic E-state index is 0.586. The molecule has 70 valence electrons. The van der Waals surface area contributed by atoms with E-state index in [2.05, 4.69) is 10.3 Å². The van der Waals surface area contributed by atoms with Gasteiger partial charge in [0.2, 0.25) is 0 Å². The van der Waals surface area contributed by atoms with Crippen LogP contribution in [-0.4, -0.2) is 11.0 Å². The molecule has 1 heterocycles. The van der Waals surface area contributed by atoms with Crippen LogP contribution in [0.5, 0.6) is 0 Å². The molecule has 2 rings (SSSR count). The van der Waals surface area contributed by atoms with Gasteiger partial charge in [0, 0.05) is 6.04 Å². The van der Waals surface area contributed by atoms with E-state index in [1.165, 1.54) is 25.7 Å². The third-order valence-electron chi connectivity index (χ3n) is 2.48. The molecule has 0 saturated heterocycles. The standard InChI is InChI=1S/C10H15N3/c11-9-6-3-7-10(13-9)12-8-4-1-2-5-8/h3,6-8H,1-2,4-5H2,(H3,11,12,13). The molecule has 3 heteroatoms. The molecule has 0 aliphatic heterocycles. The topological polar surface area (TPSA) is 50.9 Å². The number of hydrogen-bond donors (Lipinski definition) is 2. The average Bonchev–Trinajstić information content (AvgIpc) is 2.57. The summed E-state index contributed by atoms with van der Waals surface area (Å²) < 4.78 is 0. The molecule has 1 aliphatic carbocycles. The first-order valence-corrected chi connectivity index (χ1v) is 4.84. The fourth-order valence-corrected chi connectivity index (χ4v) is 1.81. The smallest absolute Gasteiger partial charge is 0.128 e. The van der Waals surface area contributed by atoms with Crippen molar-refractivity contribution in [3.8, 4) is 0 Å². The third-order valence-corrected chi connectivity index (χ3v) is 2.48. The SMILES string of the molecule is Nc1cccc(NC2CCCC2)n1. The predicted molar refractivity (Wildman–Crippen MR) is 54.5 cm³/mol. The van der Waals surface area contributed by atoms with Crippen molar-refractivity contribution in [3.63, 3.8) is 0 Å². The normalized spacial score (nSPS) is 17.5. The summed E-state index contributed by atoms with van der Waals surface area (Å²) in [6, 6.07) is 6.31. The van der Waals surface area contributed by atoms with Gasteiger partial charge in [-0.1, -0.05) is 18.9 Å². The predicted octanol–water partition coefficient (Wildman–Crippen LogP) is 2.02. The van der Waals surface area contributed by atoms with Gasteiger partial charge >= 0.3 is 0 Å². The van der Waals surface area contributed by atoms with Gasteiger partial charge in [-0.25, -0.2) is 4.98 Å². The Morgan fingerprint density at radius 2 is 2.08 bits per heavy atom. The molecule has 13 heavy (non-hydrogen) atoms. The van der Waals surface area contributed by atoms with E-state index in [1.54, 1.807) is 6.07 Å². The molecular weight excluding hydrogens is 162 g/mol. The summed E-state index contributed by atoms with van der Waals surface area (Å²) >= 11 is 0. The summed E-state index contributed by atoms with van der Waals surface area (Å²) in [7, 11) is 0. The number of aromatic nitrogens is 1. The molecule has 0 unspecified atom stereocenters. The summed E-state index contributed by atoms with van der Waals surface area (Å²) in [5, 5.41) is 3.39. The Bertz CT molecular complexity index is 279. The fourth-order valence-electron chi connectivity index (χ4n) is 1.81. The molecule has 0 spiro atoms. The number of anilines is 2. The first-order valence-electron chi connectivity index (χ1n) is 4.84. The van der Waals surface area contributed by atoms with Crippen LogP contribution < -0.4 is 11.1 Å². The molecular formula is C10H15N3. The molecule has 0 atom stereocenters. The van der Waals surface area contributed by atoms with Gasteiger partial charge in [-0.2, -0.15) is 0 Å². The van der Waals surface area contributed by atoms with Crippen LogP contribution in [0.15, 0.2) is 18.2 Å². The highest BCUT2D eigenvalue weighted by atomic mass is 15.0. The highest BCUT2D eigenvalue weighted by Gasteiger charge is 2.14. The second kappa shape index (κ2) is 3.64. The van der Waals surface area contributed by atoms with Gasteiger partial charge in [0.15, 0.2) is 0 Å². The maximum atomic E-state index is 5.58. The van der Waals surface area contributed by atoms with Crippen molar-refractivity contribution >= 4 is 11.6 Å². The lowest BCUT2D eigenvalue weighted by Crippen LogP contribution is -2.15. The molecule has 0 aromatic carbocycles. The van der Waals surface area contributed by atoms with Crippen molar-refractivity contribution in [1.82, 2.24) is 4.98 Å². The van der Waals surface area contributed by atoms with Gasteiger partial charge in [0.05, 0.1) is 0 Å². The molecule has 1 aliphatic rings. The number of hydrogen-bond acceptors (Lipinski definition) is 3. The van der Waals surface area contributed by atoms with Gasteiger partial charge in [-0.3, -0.25) is 0 Å². The molecule has 0 radical (unpaired) electrons. The number of nitrogens with one attached hydrogen (secondary N) is 1. The van der Waals surface area contributed by atoms with Crippen molar-refractivity contribution in [2.45, 2.75) is 31.7 Å². The van der Waals surface area contributed by atoms with Crippen molar-refractivity contribution in [3.05, 3.63) is 18.2 Å². The summed E-state index contributed by atoms with van der Waals surface area (Å²) in [4.78, 5) is 4.20. The Labute approximate surface area is 78.4 Å². The van der Waals surface area contributed by atoms with Gasteiger partial charge in [0.1, 0.15) is 11.6 Å². The van der Waals surface area contributed by atoms with E-state index in [4.69, 9.17) is 5.73 Å². The van der Waals surface area contributed by atoms with Crippen molar-refractivity contribution < 1.29 is 0 Å². The second-order valence-electron chi connectivity index (χ2n) is 3.57. The van der Waals surface area contributed by atoms with Crippen molar-refractivity contribution in [1.29, 1.82) is 0 Å². The zero-order chi connectivity index (χ0) is 9.10. The fraction of sp³-hybridized carbons (Fsp3) is 0.500. The molecule has 1 saturated carbocycles. The second-order valence-corrected chi connectivity index (χ2v) is 3.57. The van der Waals surface area contributed by atoms with Crippen LogP contribution in [0.4, 0.5) is 11.6 Å². The molecule has 0 bridgehead atoms. The summed E-state index contributed by atoms with van der Waals surface area (Å²) in [5.74, 6) is 1.50. The number of nitrogens with zero attached hydrogens (tertiary/aromatic N) is 1. The summed E-state index contributed by atoms with van der Waals surface area (Å²) in [6.07, 6.45) is 5.19. The molecule has 3 N–H and O–H groups in total. The summed E-state index contributed by atoms with van der Waals surface area (Å²) in [5.41, 5.74) is 5.58. The van der Waals surface area contributed by atoms with Gasteiger partial charge in [-0.15, -0.1) is 0 Å². The lowest BCUT2D eigenvalue weighted by molar-refractivity contribution is 0.751. The molecule has 3 nitrogen and oxygen atoms in total. The van der Waals surface area contributed by atoms with E-state index in [-0.39, 0.29) is 0 Å². The maximum absolute atomic E-state index is 5.58. The van der Waals surface area contributed by atoms with Gasteiger partial charge in [-0.05, 0) is 25.0 Å². The quantitative estimate of drug-likeness (QED) is 0.726. The number of pyridine rings is 1. The van der Waals surface area contributed by atoms with Crippen LogP contribution in [0.1, 0.15) is 25.7 Å². The minimum Gasteiger partial charge on any atom is -0.384 e. The molecule has 1 aromatic heterocycles. The van der Waals surface area contributed by atoms with Crippen molar-refractivity contribution in [2.75, 3.05) is 11.1 Å². The zero-order valence-electron chi connectivity index (χ0n) is 7.66. The van der Waals surface area contributed by atoms with Crippen LogP contribution in [0.25, 0.3) is 0 Å². The first kappa shape index (κ1) is 8.35. The highest BCUT2D eigenvalue weighted by molar-refractivity contribution is 5.42. The van der Waals surface area contributed by atoms with E-state index in [0.29, 0.717) is 11.9 Å². The molecule has 1 aromatic rings. The van der Waals surface area contributed by atoms with Crippen LogP contribution in [0.2, 0.25) is 0 Å². The zero-order valence-corrected chi connectivity index (χ0v) is 7.66.